The van der Waals surface area contributed by atoms with Crippen molar-refractivity contribution in [1.82, 2.24) is 0 Å². The van der Waals surface area contributed by atoms with Gasteiger partial charge in [-0.1, -0.05) is 121 Å². The van der Waals surface area contributed by atoms with Crippen molar-refractivity contribution in [3.63, 3.8) is 0 Å². The van der Waals surface area contributed by atoms with Crippen LogP contribution in [0.15, 0.2) is 84.9 Å². The zero-order valence-corrected chi connectivity index (χ0v) is 18.1. The molecular weight excluding hydrogens is 344 g/mol. The van der Waals surface area contributed by atoms with Gasteiger partial charge < -0.3 is 0 Å². The van der Waals surface area contributed by atoms with Gasteiger partial charge in [0.25, 0.3) is 0 Å². The molecule has 0 aliphatic rings. The van der Waals surface area contributed by atoms with Gasteiger partial charge >= 0.3 is 0 Å². The van der Waals surface area contributed by atoms with Crippen LogP contribution < -0.4 is 10.4 Å². The van der Waals surface area contributed by atoms with Gasteiger partial charge in [-0.05, 0) is 21.5 Å². The minimum absolute atomic E-state index is 1.37. The molecule has 4 aromatic rings. The van der Waals surface area contributed by atoms with Crippen LogP contribution in [0.5, 0.6) is 0 Å². The Bertz CT molecular complexity index is 994. The quantitative estimate of drug-likeness (QED) is 0.412. The van der Waals surface area contributed by atoms with E-state index in [1.807, 2.05) is 0 Å². The van der Waals surface area contributed by atoms with E-state index in [-0.39, 0.29) is 0 Å². The summed E-state index contributed by atoms with van der Waals surface area (Å²) in [7, 11) is -3.38. The number of benzene rings is 4. The second kappa shape index (κ2) is 6.22. The van der Waals surface area contributed by atoms with Crippen molar-refractivity contribution >= 4 is 47.1 Å². The van der Waals surface area contributed by atoms with Gasteiger partial charge in [0.15, 0.2) is 0 Å². The Kier molecular flexibility index (Phi) is 4.13. The molecule has 0 heterocycles. The van der Waals surface area contributed by atoms with E-state index in [0.29, 0.717) is 0 Å². The summed E-state index contributed by atoms with van der Waals surface area (Å²) < 4.78 is 0. The van der Waals surface area contributed by atoms with Crippen LogP contribution in [-0.2, 0) is 0 Å². The fourth-order valence-corrected chi connectivity index (χ4v) is 13.7. The predicted molar refractivity (Wildman–Crippen MR) is 122 cm³/mol. The van der Waals surface area contributed by atoms with Crippen molar-refractivity contribution < 1.29 is 0 Å². The molecule has 0 radical (unpaired) electrons. The Morgan fingerprint density at radius 1 is 0.423 bits per heavy atom. The van der Waals surface area contributed by atoms with E-state index in [2.05, 4.69) is 111 Å². The lowest BCUT2D eigenvalue weighted by atomic mass is 10.1. The fourth-order valence-electron chi connectivity index (χ4n) is 4.21. The molecule has 0 aromatic heterocycles. The van der Waals surface area contributed by atoms with Gasteiger partial charge in [0.05, 0.1) is 15.2 Å². The highest BCUT2D eigenvalue weighted by Crippen LogP contribution is 2.26. The Labute approximate surface area is 158 Å². The van der Waals surface area contributed by atoms with Crippen LogP contribution in [-0.4, -0.2) is 15.2 Å². The van der Waals surface area contributed by atoms with Crippen molar-refractivity contribution in [2.24, 2.45) is 0 Å². The first-order valence-electron chi connectivity index (χ1n) is 9.39. The summed E-state index contributed by atoms with van der Waals surface area (Å²) in [6.45, 7) is 10.3. The van der Waals surface area contributed by atoms with E-state index in [1.165, 1.54) is 21.5 Å². The highest BCUT2D eigenvalue weighted by atomic mass is 29.3. The van der Waals surface area contributed by atoms with Crippen molar-refractivity contribution in [2.45, 2.75) is 26.2 Å². The Morgan fingerprint density at radius 3 is 1.19 bits per heavy atom. The van der Waals surface area contributed by atoms with E-state index < -0.39 is 15.2 Å². The lowest BCUT2D eigenvalue weighted by Gasteiger charge is -2.40. The smallest absolute Gasteiger partial charge is 0.0671 e. The second-order valence-electron chi connectivity index (χ2n) is 8.30. The van der Waals surface area contributed by atoms with Crippen LogP contribution in [0.25, 0.3) is 21.5 Å². The maximum atomic E-state index is 2.59. The average molecular weight is 371 g/mol. The van der Waals surface area contributed by atoms with Gasteiger partial charge in [0, 0.05) is 0 Å². The normalized spacial score (nSPS) is 12.6. The Morgan fingerprint density at radius 2 is 0.769 bits per heavy atom. The molecule has 0 amide bonds. The maximum Gasteiger partial charge on any atom is 0.0799 e. The molecule has 0 saturated carbocycles. The summed E-state index contributed by atoms with van der Waals surface area (Å²) in [5.41, 5.74) is 0. The van der Waals surface area contributed by atoms with Crippen LogP contribution in [0.1, 0.15) is 0 Å². The minimum atomic E-state index is -1.69. The molecule has 4 rings (SSSR count). The van der Waals surface area contributed by atoms with Crippen molar-refractivity contribution in [2.75, 3.05) is 0 Å². The first kappa shape index (κ1) is 17.3. The molecule has 0 spiro atoms. The fraction of sp³-hybridized carbons (Fsp3) is 0.167. The zero-order chi connectivity index (χ0) is 18.4. The Balaban J connectivity index is 1.96. The first-order valence-corrected chi connectivity index (χ1v) is 16.4. The molecule has 0 N–H and O–H groups in total. The molecule has 0 aliphatic carbocycles. The van der Waals surface area contributed by atoms with Gasteiger partial charge in [0.1, 0.15) is 0 Å². The topological polar surface area (TPSA) is 0 Å². The lowest BCUT2D eigenvalue weighted by Crippen LogP contribution is -2.69. The third-order valence-corrected chi connectivity index (χ3v) is 24.2. The van der Waals surface area contributed by atoms with Gasteiger partial charge in [-0.2, -0.15) is 0 Å². The third kappa shape index (κ3) is 2.56. The standard InChI is InChI=1S/C24H26Si2/c1-25(2,23-17-9-13-19-11-5-7-15-21(19)23)26(3,4)24-18-10-14-20-12-6-8-16-22(20)24/h5-18H,1-4H3. The van der Waals surface area contributed by atoms with E-state index >= 15 is 0 Å². The summed E-state index contributed by atoms with van der Waals surface area (Å²) in [5, 5.41) is 8.86. The lowest BCUT2D eigenvalue weighted by molar-refractivity contribution is 1.71. The van der Waals surface area contributed by atoms with Crippen LogP contribution in [0.3, 0.4) is 0 Å². The molecule has 0 nitrogen and oxygen atoms in total. The second-order valence-corrected chi connectivity index (χ2v) is 23.4. The van der Waals surface area contributed by atoms with Crippen LogP contribution in [0, 0.1) is 0 Å². The van der Waals surface area contributed by atoms with Crippen LogP contribution in [0.4, 0.5) is 0 Å². The molecule has 0 saturated heterocycles. The van der Waals surface area contributed by atoms with E-state index in [4.69, 9.17) is 0 Å². The first-order chi connectivity index (χ1) is 12.4. The highest BCUT2D eigenvalue weighted by molar-refractivity contribution is 7.50. The molecule has 0 unspecified atom stereocenters. The molecule has 2 heteroatoms. The molecule has 4 aromatic carbocycles. The summed E-state index contributed by atoms with van der Waals surface area (Å²) in [6, 6.07) is 31.6. The molecule has 0 aliphatic heterocycles. The van der Waals surface area contributed by atoms with Crippen molar-refractivity contribution in [3.8, 4) is 0 Å². The molecule has 130 valence electrons. The number of rotatable bonds is 3. The van der Waals surface area contributed by atoms with Gasteiger partial charge in [0.2, 0.25) is 0 Å². The molecule has 0 bridgehead atoms. The van der Waals surface area contributed by atoms with Gasteiger partial charge in [-0.25, -0.2) is 0 Å². The summed E-state index contributed by atoms with van der Waals surface area (Å²) >= 11 is 0. The van der Waals surface area contributed by atoms with Crippen LogP contribution in [0.2, 0.25) is 26.2 Å². The van der Waals surface area contributed by atoms with E-state index in [1.54, 1.807) is 10.4 Å². The van der Waals surface area contributed by atoms with E-state index in [0.717, 1.165) is 0 Å². The maximum absolute atomic E-state index is 2.59. The Hall–Kier alpha value is -2.17. The summed E-state index contributed by atoms with van der Waals surface area (Å²) in [6.07, 6.45) is 0. The predicted octanol–water partition coefficient (Wildman–Crippen LogP) is 5.60. The summed E-state index contributed by atoms with van der Waals surface area (Å²) in [5.74, 6) is 0. The van der Waals surface area contributed by atoms with Crippen molar-refractivity contribution in [1.29, 1.82) is 0 Å². The van der Waals surface area contributed by atoms with Gasteiger partial charge in [-0.15, -0.1) is 0 Å². The zero-order valence-electron chi connectivity index (χ0n) is 16.1. The third-order valence-electron chi connectivity index (χ3n) is 6.49. The minimum Gasteiger partial charge on any atom is -0.0671 e. The van der Waals surface area contributed by atoms with Crippen molar-refractivity contribution in [3.05, 3.63) is 84.9 Å². The SMILES string of the molecule is C[Si](C)(c1cccc2ccccc12)[Si](C)(C)c1cccc2ccccc12. The highest BCUT2D eigenvalue weighted by Gasteiger charge is 2.45. The monoisotopic (exact) mass is 370 g/mol. The van der Waals surface area contributed by atoms with Crippen LogP contribution >= 0.6 is 0 Å². The number of hydrogen-bond donors (Lipinski definition) is 0. The number of hydrogen-bond acceptors (Lipinski definition) is 0. The van der Waals surface area contributed by atoms with E-state index in [9.17, 15) is 0 Å². The molecular formula is C24H26Si2. The average Bonchev–Trinajstić information content (AvgIpc) is 2.66. The molecule has 26 heavy (non-hydrogen) atoms. The number of fused-ring (bicyclic) bond motifs is 2. The molecule has 0 atom stereocenters. The largest absolute Gasteiger partial charge is 0.0799 e. The summed E-state index contributed by atoms with van der Waals surface area (Å²) in [4.78, 5) is 0. The van der Waals surface area contributed by atoms with Gasteiger partial charge in [-0.3, -0.25) is 0 Å². The molecule has 0 fully saturated rings.